The molecular formula is C22H33N5OS. The second-order valence-corrected chi connectivity index (χ2v) is 8.36. The van der Waals surface area contributed by atoms with Crippen LogP contribution >= 0.6 is 11.8 Å². The number of para-hydroxylation sites is 1. The van der Waals surface area contributed by atoms with E-state index in [0.717, 1.165) is 41.1 Å². The quantitative estimate of drug-likeness (QED) is 0.429. The number of rotatable bonds is 11. The molecule has 1 fully saturated rings. The van der Waals surface area contributed by atoms with Crippen molar-refractivity contribution in [2.75, 3.05) is 25.4 Å². The van der Waals surface area contributed by atoms with Gasteiger partial charge in [-0.2, -0.15) is 10.2 Å². The molecule has 158 valence electrons. The summed E-state index contributed by atoms with van der Waals surface area (Å²) in [5.41, 5.74) is 3.48. The summed E-state index contributed by atoms with van der Waals surface area (Å²) in [4.78, 5) is 5.61. The van der Waals surface area contributed by atoms with Gasteiger partial charge in [-0.3, -0.25) is 4.84 Å². The van der Waals surface area contributed by atoms with E-state index in [1.54, 1.807) is 0 Å². The minimum absolute atomic E-state index is 0.259. The Hall–Kier alpha value is -1.96. The second kappa shape index (κ2) is 10.7. The Morgan fingerprint density at radius 2 is 2.10 bits per heavy atom. The van der Waals surface area contributed by atoms with E-state index >= 15 is 0 Å². The second-order valence-electron chi connectivity index (χ2n) is 7.28. The fraction of sp³-hybridized carbons (Fsp3) is 0.500. The molecule has 1 aliphatic rings. The third-order valence-corrected chi connectivity index (χ3v) is 6.17. The topological polar surface area (TPSA) is 54.4 Å². The SMILES string of the molecule is C=C(NCc1c(C)c(SCCCC)nn1-c1ccccc1)N[C@H]1CON(CC)C1. The van der Waals surface area contributed by atoms with Gasteiger partial charge in [-0.15, -0.1) is 11.8 Å². The van der Waals surface area contributed by atoms with Gasteiger partial charge in [0, 0.05) is 18.7 Å². The number of nitrogens with zero attached hydrogens (tertiary/aromatic N) is 3. The maximum Gasteiger partial charge on any atom is 0.122 e. The maximum atomic E-state index is 5.61. The van der Waals surface area contributed by atoms with Crippen LogP contribution in [0.3, 0.4) is 0 Å². The van der Waals surface area contributed by atoms with Crippen LogP contribution in [0.2, 0.25) is 0 Å². The van der Waals surface area contributed by atoms with Crippen molar-refractivity contribution >= 4 is 11.8 Å². The first kappa shape index (κ1) is 21.7. The monoisotopic (exact) mass is 415 g/mol. The molecule has 2 heterocycles. The zero-order valence-electron chi connectivity index (χ0n) is 17.8. The van der Waals surface area contributed by atoms with E-state index in [1.165, 1.54) is 18.4 Å². The van der Waals surface area contributed by atoms with Crippen LogP contribution in [-0.4, -0.2) is 46.3 Å². The molecule has 29 heavy (non-hydrogen) atoms. The summed E-state index contributed by atoms with van der Waals surface area (Å²) in [5.74, 6) is 1.91. The van der Waals surface area contributed by atoms with E-state index in [1.807, 2.05) is 35.0 Å². The van der Waals surface area contributed by atoms with Gasteiger partial charge in [-0.1, -0.05) is 45.0 Å². The number of likely N-dealkylation sites (N-methyl/N-ethyl adjacent to an activating group) is 1. The van der Waals surface area contributed by atoms with Crippen molar-refractivity contribution in [1.29, 1.82) is 0 Å². The minimum atomic E-state index is 0.259. The summed E-state index contributed by atoms with van der Waals surface area (Å²) in [6.07, 6.45) is 2.40. The fourth-order valence-corrected chi connectivity index (χ4v) is 4.39. The molecule has 0 aliphatic carbocycles. The van der Waals surface area contributed by atoms with Gasteiger partial charge in [0.1, 0.15) is 5.03 Å². The molecule has 7 heteroatoms. The Balaban J connectivity index is 1.68. The summed E-state index contributed by atoms with van der Waals surface area (Å²) in [6, 6.07) is 10.6. The lowest BCUT2D eigenvalue weighted by atomic mass is 10.2. The fourth-order valence-electron chi connectivity index (χ4n) is 3.29. The molecule has 1 aromatic carbocycles. The van der Waals surface area contributed by atoms with Crippen molar-refractivity contribution in [3.05, 3.63) is 54.0 Å². The van der Waals surface area contributed by atoms with Gasteiger partial charge in [0.2, 0.25) is 0 Å². The van der Waals surface area contributed by atoms with E-state index in [-0.39, 0.29) is 6.04 Å². The first-order valence-electron chi connectivity index (χ1n) is 10.5. The van der Waals surface area contributed by atoms with Gasteiger partial charge in [0.25, 0.3) is 0 Å². The zero-order valence-corrected chi connectivity index (χ0v) is 18.6. The summed E-state index contributed by atoms with van der Waals surface area (Å²) < 4.78 is 2.06. The number of thioether (sulfide) groups is 1. The van der Waals surface area contributed by atoms with Crippen molar-refractivity contribution in [2.24, 2.45) is 0 Å². The Morgan fingerprint density at radius 1 is 1.31 bits per heavy atom. The summed E-state index contributed by atoms with van der Waals surface area (Å²) >= 11 is 1.84. The van der Waals surface area contributed by atoms with Gasteiger partial charge in [-0.25, -0.2) is 4.68 Å². The number of unbranched alkanes of at least 4 members (excludes halogenated alkanes) is 1. The Kier molecular flexibility index (Phi) is 8.03. The number of aromatic nitrogens is 2. The van der Waals surface area contributed by atoms with Crippen LogP contribution in [0.5, 0.6) is 0 Å². The van der Waals surface area contributed by atoms with Crippen LogP contribution in [0.4, 0.5) is 0 Å². The van der Waals surface area contributed by atoms with Gasteiger partial charge in [0.05, 0.1) is 36.4 Å². The maximum absolute atomic E-state index is 5.61. The molecule has 0 saturated carbocycles. The molecule has 3 rings (SSSR count). The van der Waals surface area contributed by atoms with Gasteiger partial charge < -0.3 is 10.6 Å². The molecule has 1 aromatic heterocycles. The lowest BCUT2D eigenvalue weighted by Gasteiger charge is -2.17. The first-order chi connectivity index (χ1) is 14.1. The van der Waals surface area contributed by atoms with Crippen LogP contribution in [-0.2, 0) is 11.4 Å². The lowest BCUT2D eigenvalue weighted by Crippen LogP contribution is -2.37. The highest BCUT2D eigenvalue weighted by Crippen LogP contribution is 2.27. The molecular weight excluding hydrogens is 382 g/mol. The highest BCUT2D eigenvalue weighted by molar-refractivity contribution is 7.99. The Labute approximate surface area is 178 Å². The molecule has 1 saturated heterocycles. The molecule has 2 N–H and O–H groups in total. The largest absolute Gasteiger partial charge is 0.367 e. The van der Waals surface area contributed by atoms with E-state index in [2.05, 4.69) is 54.8 Å². The molecule has 6 nitrogen and oxygen atoms in total. The molecule has 0 bridgehead atoms. The van der Waals surface area contributed by atoms with Gasteiger partial charge in [-0.05, 0) is 31.2 Å². The normalized spacial score (nSPS) is 16.9. The lowest BCUT2D eigenvalue weighted by molar-refractivity contribution is -0.105. The molecule has 0 amide bonds. The van der Waals surface area contributed by atoms with Gasteiger partial charge in [0.15, 0.2) is 0 Å². The average molecular weight is 416 g/mol. The highest BCUT2D eigenvalue weighted by Gasteiger charge is 2.22. The zero-order chi connectivity index (χ0) is 20.6. The van der Waals surface area contributed by atoms with Crippen LogP contribution in [0.25, 0.3) is 5.69 Å². The van der Waals surface area contributed by atoms with Crippen LogP contribution in [0.15, 0.2) is 47.8 Å². The number of hydrogen-bond donors (Lipinski definition) is 2. The molecule has 0 radical (unpaired) electrons. The van der Waals surface area contributed by atoms with Crippen LogP contribution < -0.4 is 10.6 Å². The van der Waals surface area contributed by atoms with Crippen molar-refractivity contribution in [3.63, 3.8) is 0 Å². The predicted molar refractivity (Wildman–Crippen MR) is 120 cm³/mol. The Bertz CT molecular complexity index is 792. The van der Waals surface area contributed by atoms with E-state index in [0.29, 0.717) is 13.2 Å². The number of hydroxylamine groups is 2. The minimum Gasteiger partial charge on any atom is -0.367 e. The van der Waals surface area contributed by atoms with Crippen molar-refractivity contribution < 1.29 is 4.84 Å². The summed E-state index contributed by atoms with van der Waals surface area (Å²) in [5, 5.41) is 14.9. The standard InChI is InChI=1S/C22H33N5OS/c1-5-7-13-29-22-17(3)21(27(25-22)20-11-9-8-10-12-20)14-23-18(4)24-19-15-26(6-2)28-16-19/h8-12,19,23-24H,4-7,13-16H2,1-3H3/t19-/m1/s1. The predicted octanol–water partition coefficient (Wildman–Crippen LogP) is 3.86. The van der Waals surface area contributed by atoms with Crippen LogP contribution in [0, 0.1) is 6.92 Å². The molecule has 1 atom stereocenters. The van der Waals surface area contributed by atoms with Crippen molar-refractivity contribution in [1.82, 2.24) is 25.5 Å². The third kappa shape index (κ3) is 5.78. The number of nitrogens with one attached hydrogen (secondary N) is 2. The number of benzene rings is 1. The summed E-state index contributed by atoms with van der Waals surface area (Å²) in [7, 11) is 0. The van der Waals surface area contributed by atoms with E-state index in [4.69, 9.17) is 9.94 Å². The average Bonchev–Trinajstić information content (AvgIpc) is 3.32. The van der Waals surface area contributed by atoms with Crippen LogP contribution in [0.1, 0.15) is 37.9 Å². The summed E-state index contributed by atoms with van der Waals surface area (Å²) in [6.45, 7) is 13.7. The third-order valence-electron chi connectivity index (χ3n) is 5.02. The van der Waals surface area contributed by atoms with Crippen molar-refractivity contribution in [2.45, 2.75) is 51.2 Å². The first-order valence-corrected chi connectivity index (χ1v) is 11.4. The molecule has 0 unspecified atom stereocenters. The molecule has 1 aliphatic heterocycles. The van der Waals surface area contributed by atoms with E-state index < -0.39 is 0 Å². The van der Waals surface area contributed by atoms with E-state index in [9.17, 15) is 0 Å². The Morgan fingerprint density at radius 3 is 2.79 bits per heavy atom. The highest BCUT2D eigenvalue weighted by atomic mass is 32.2. The number of hydrogen-bond acceptors (Lipinski definition) is 6. The smallest absolute Gasteiger partial charge is 0.122 e. The van der Waals surface area contributed by atoms with Crippen molar-refractivity contribution in [3.8, 4) is 5.69 Å². The molecule has 0 spiro atoms. The van der Waals surface area contributed by atoms with Gasteiger partial charge >= 0.3 is 0 Å². The molecule has 2 aromatic rings.